The lowest BCUT2D eigenvalue weighted by atomic mass is 9.54. The highest BCUT2D eigenvalue weighted by molar-refractivity contribution is 6.19. The Balaban J connectivity index is 2.04. The molecule has 0 radical (unpaired) electrons. The fourth-order valence-electron chi connectivity index (χ4n) is 5.57. The molecule has 10 heteroatoms. The van der Waals surface area contributed by atoms with Gasteiger partial charge in [0.2, 0.25) is 5.91 Å². The Morgan fingerprint density at radius 1 is 1.16 bits per heavy atom. The Kier molecular flexibility index (Phi) is 4.83. The molecule has 10 nitrogen and oxygen atoms in total. The van der Waals surface area contributed by atoms with Crippen LogP contribution in [0.15, 0.2) is 36.1 Å². The van der Waals surface area contributed by atoms with Crippen molar-refractivity contribution < 1.29 is 39.9 Å². The van der Waals surface area contributed by atoms with Gasteiger partial charge in [0.15, 0.2) is 17.2 Å². The predicted molar refractivity (Wildman–Crippen MR) is 110 cm³/mol. The van der Waals surface area contributed by atoms with Gasteiger partial charge >= 0.3 is 0 Å². The van der Waals surface area contributed by atoms with Crippen LogP contribution in [0.4, 0.5) is 0 Å². The molecule has 7 unspecified atom stereocenters. The van der Waals surface area contributed by atoms with Gasteiger partial charge in [-0.1, -0.05) is 18.7 Å². The lowest BCUT2D eigenvalue weighted by Crippen LogP contribution is -2.74. The minimum atomic E-state index is -2.88. The summed E-state index contributed by atoms with van der Waals surface area (Å²) in [5, 5.41) is 55.0. The Bertz CT molecular complexity index is 1110. The summed E-state index contributed by atoms with van der Waals surface area (Å²) in [6, 6.07) is 3.07. The highest BCUT2D eigenvalue weighted by Crippen LogP contribution is 2.55. The number of primary amides is 1. The lowest BCUT2D eigenvalue weighted by molar-refractivity contribution is -0.191. The maximum atomic E-state index is 13.3. The number of carbonyl (C=O) groups is 3. The summed E-state index contributed by atoms with van der Waals surface area (Å²) in [6.07, 6.45) is -3.34. The van der Waals surface area contributed by atoms with Gasteiger partial charge in [-0.2, -0.15) is 0 Å². The van der Waals surface area contributed by atoms with Gasteiger partial charge < -0.3 is 36.2 Å². The van der Waals surface area contributed by atoms with E-state index in [4.69, 9.17) is 5.73 Å². The van der Waals surface area contributed by atoms with Gasteiger partial charge in [-0.3, -0.25) is 14.4 Å². The molecule has 7 N–H and O–H groups in total. The lowest BCUT2D eigenvalue weighted by Gasteiger charge is -2.55. The Labute approximate surface area is 182 Å². The van der Waals surface area contributed by atoms with Crippen molar-refractivity contribution in [3.8, 4) is 5.75 Å². The number of amides is 1. The molecule has 1 aromatic rings. The molecule has 3 aliphatic rings. The topological polar surface area (TPSA) is 182 Å². The van der Waals surface area contributed by atoms with Gasteiger partial charge in [-0.15, -0.1) is 0 Å². The second-order valence-electron chi connectivity index (χ2n) is 8.77. The third-order valence-electron chi connectivity index (χ3n) is 6.97. The minimum Gasteiger partial charge on any atom is -0.508 e. The third-order valence-corrected chi connectivity index (χ3v) is 6.97. The average molecular weight is 444 g/mol. The molecule has 0 heterocycles. The van der Waals surface area contributed by atoms with Gasteiger partial charge in [0.05, 0.1) is 23.3 Å². The van der Waals surface area contributed by atoms with Gasteiger partial charge in [-0.05, 0) is 31.3 Å². The standard InChI is InChI=1S/C22H24N2O8/c1-7-8-5-4-6-9(25)11(8)16(26)12-10(7)17(27)14-15(24(2)3)18(28)13(21(23)31)20(30)22(14,32)19(12)29/h4-6,10,13-15,17-18,25,27-29,32H,1H2,2-3H3,(H2,23,31). The third kappa shape index (κ3) is 2.51. The first-order valence-electron chi connectivity index (χ1n) is 9.95. The molecule has 0 aromatic heterocycles. The number of phenols is 1. The van der Waals surface area contributed by atoms with E-state index in [9.17, 15) is 39.9 Å². The molecular formula is C22H24N2O8. The van der Waals surface area contributed by atoms with E-state index in [1.165, 1.54) is 37.2 Å². The molecule has 0 bridgehead atoms. The van der Waals surface area contributed by atoms with E-state index in [1.807, 2.05) is 0 Å². The number of Topliss-reactive ketones (excluding diaryl/α,β-unsaturated/α-hetero) is 2. The van der Waals surface area contributed by atoms with Crippen LogP contribution in [0.1, 0.15) is 15.9 Å². The normalized spacial score (nSPS) is 36.6. The van der Waals surface area contributed by atoms with E-state index in [1.54, 1.807) is 0 Å². The number of hydrogen-bond acceptors (Lipinski definition) is 9. The zero-order valence-corrected chi connectivity index (χ0v) is 17.4. The SMILES string of the molecule is C=C1c2cccc(O)c2C(=O)C2=C(O)C3(O)C(=O)C(C(N)=O)C(O)C(N(C)C)C3C(O)C12. The fourth-order valence-corrected chi connectivity index (χ4v) is 5.57. The van der Waals surface area contributed by atoms with E-state index in [-0.39, 0.29) is 16.7 Å². The van der Waals surface area contributed by atoms with Crippen LogP contribution in [0.2, 0.25) is 0 Å². The molecule has 0 aliphatic heterocycles. The first kappa shape index (κ1) is 22.2. The molecule has 7 atom stereocenters. The smallest absolute Gasteiger partial charge is 0.230 e. The van der Waals surface area contributed by atoms with E-state index in [2.05, 4.69) is 6.58 Å². The van der Waals surface area contributed by atoms with E-state index in [0.717, 1.165) is 0 Å². The number of likely N-dealkylation sites (N-methyl/N-ethyl adjacent to an activating group) is 1. The zero-order valence-electron chi connectivity index (χ0n) is 17.4. The van der Waals surface area contributed by atoms with Crippen LogP contribution in [0.5, 0.6) is 5.75 Å². The van der Waals surface area contributed by atoms with Crippen molar-refractivity contribution in [1.82, 2.24) is 4.90 Å². The average Bonchev–Trinajstić information content (AvgIpc) is 2.70. The highest BCUT2D eigenvalue weighted by atomic mass is 16.4. The van der Waals surface area contributed by atoms with Crippen molar-refractivity contribution in [3.05, 3.63) is 47.2 Å². The van der Waals surface area contributed by atoms with Crippen LogP contribution in [0.25, 0.3) is 5.57 Å². The minimum absolute atomic E-state index is 0.183. The van der Waals surface area contributed by atoms with E-state index in [0.29, 0.717) is 0 Å². The first-order chi connectivity index (χ1) is 14.9. The number of carbonyl (C=O) groups excluding carboxylic acids is 3. The van der Waals surface area contributed by atoms with Crippen LogP contribution >= 0.6 is 0 Å². The highest BCUT2D eigenvalue weighted by Gasteiger charge is 2.69. The number of aliphatic hydroxyl groups is 4. The molecule has 170 valence electrons. The Morgan fingerprint density at radius 3 is 2.34 bits per heavy atom. The van der Waals surface area contributed by atoms with Gasteiger partial charge in [0.25, 0.3) is 0 Å². The summed E-state index contributed by atoms with van der Waals surface area (Å²) in [7, 11) is 3.00. The largest absolute Gasteiger partial charge is 0.508 e. The molecule has 1 fully saturated rings. The van der Waals surface area contributed by atoms with Gasteiger partial charge in [0, 0.05) is 17.9 Å². The number of rotatable bonds is 2. The molecule has 1 saturated carbocycles. The number of benzene rings is 1. The van der Waals surface area contributed by atoms with Crippen molar-refractivity contribution in [2.75, 3.05) is 14.1 Å². The summed E-state index contributed by atoms with van der Waals surface area (Å²) >= 11 is 0. The van der Waals surface area contributed by atoms with Crippen LogP contribution in [-0.4, -0.2) is 85.9 Å². The number of aromatic hydroxyl groups is 1. The van der Waals surface area contributed by atoms with Crippen molar-refractivity contribution in [2.45, 2.75) is 23.9 Å². The number of nitrogens with two attached hydrogens (primary N) is 1. The van der Waals surface area contributed by atoms with Crippen LogP contribution in [-0.2, 0) is 9.59 Å². The fraction of sp³-hybridized carbons (Fsp3) is 0.409. The molecule has 3 aliphatic carbocycles. The number of nitrogens with zero attached hydrogens (tertiary/aromatic N) is 1. The summed E-state index contributed by atoms with van der Waals surface area (Å²) < 4.78 is 0. The predicted octanol–water partition coefficient (Wildman–Crippen LogP) is -1.27. The number of fused-ring (bicyclic) bond motifs is 3. The summed E-state index contributed by atoms with van der Waals surface area (Å²) in [5.41, 5.74) is 2.18. The zero-order chi connectivity index (χ0) is 23.9. The summed E-state index contributed by atoms with van der Waals surface area (Å²) in [5.74, 6) is -9.52. The molecular weight excluding hydrogens is 420 g/mol. The first-order valence-corrected chi connectivity index (χ1v) is 9.95. The van der Waals surface area contributed by atoms with Crippen LogP contribution in [0.3, 0.4) is 0 Å². The van der Waals surface area contributed by atoms with Gasteiger partial charge in [-0.25, -0.2) is 0 Å². The number of hydrogen-bond donors (Lipinski definition) is 6. The Morgan fingerprint density at radius 2 is 1.78 bits per heavy atom. The van der Waals surface area contributed by atoms with E-state index < -0.39 is 76.2 Å². The monoisotopic (exact) mass is 444 g/mol. The van der Waals surface area contributed by atoms with Crippen molar-refractivity contribution in [1.29, 1.82) is 0 Å². The molecule has 0 spiro atoms. The van der Waals surface area contributed by atoms with E-state index >= 15 is 0 Å². The summed E-state index contributed by atoms with van der Waals surface area (Å²) in [6.45, 7) is 3.93. The van der Waals surface area contributed by atoms with Crippen LogP contribution < -0.4 is 5.73 Å². The number of phenolic OH excluding ortho intramolecular Hbond substituents is 1. The quantitative estimate of drug-likeness (QED) is 0.303. The van der Waals surface area contributed by atoms with Crippen molar-refractivity contribution in [3.63, 3.8) is 0 Å². The molecule has 4 rings (SSSR count). The molecule has 1 amide bonds. The molecule has 1 aromatic carbocycles. The second kappa shape index (κ2) is 6.97. The molecule has 32 heavy (non-hydrogen) atoms. The summed E-state index contributed by atoms with van der Waals surface area (Å²) in [4.78, 5) is 39.9. The van der Waals surface area contributed by atoms with Gasteiger partial charge in [0.1, 0.15) is 17.4 Å². The van der Waals surface area contributed by atoms with Crippen molar-refractivity contribution in [2.24, 2.45) is 23.5 Å². The molecule has 0 saturated heterocycles. The number of aliphatic hydroxyl groups excluding tert-OH is 3. The Hall–Kier alpha value is -3.05. The maximum Gasteiger partial charge on any atom is 0.230 e. The second-order valence-corrected chi connectivity index (χ2v) is 8.77. The maximum absolute atomic E-state index is 13.3. The van der Waals surface area contributed by atoms with Crippen molar-refractivity contribution >= 4 is 23.0 Å². The number of ketones is 2. The van der Waals surface area contributed by atoms with Crippen LogP contribution in [0, 0.1) is 17.8 Å².